The van der Waals surface area contributed by atoms with Crippen molar-refractivity contribution in [1.82, 2.24) is 0 Å². The third kappa shape index (κ3) is 4.56. The van der Waals surface area contributed by atoms with E-state index in [1.54, 1.807) is 0 Å². The zero-order chi connectivity index (χ0) is 25.1. The molecule has 0 heterocycles. The topological polar surface area (TPSA) is 20.2 Å². The van der Waals surface area contributed by atoms with Crippen LogP contribution < -0.4 is 0 Å². The Kier molecular flexibility index (Phi) is 6.96. The van der Waals surface area contributed by atoms with Gasteiger partial charge in [0.05, 0.1) is 6.10 Å². The van der Waals surface area contributed by atoms with Gasteiger partial charge >= 0.3 is 12.4 Å². The molecule has 0 aromatic heterocycles. The first kappa shape index (κ1) is 26.3. The molecule has 1 nitrogen and oxygen atoms in total. The summed E-state index contributed by atoms with van der Waals surface area (Å²) < 4.78 is 77.5. The van der Waals surface area contributed by atoms with Crippen LogP contribution >= 0.6 is 0 Å². The lowest BCUT2D eigenvalue weighted by atomic mass is 9.47. The van der Waals surface area contributed by atoms with Crippen LogP contribution in [0.4, 0.5) is 26.3 Å². The van der Waals surface area contributed by atoms with Crippen LogP contribution in [0.1, 0.15) is 91.4 Å². The van der Waals surface area contributed by atoms with E-state index in [4.69, 9.17) is 0 Å². The molecule has 34 heavy (non-hydrogen) atoms. The smallest absolute Gasteiger partial charge is 0.393 e. The molecule has 1 N–H and O–H groups in total. The molecule has 4 aliphatic rings. The molecular weight excluding hydrogens is 454 g/mol. The Morgan fingerprint density at radius 1 is 0.941 bits per heavy atom. The first-order chi connectivity index (χ1) is 15.7. The maximum absolute atomic E-state index is 12.9. The summed E-state index contributed by atoms with van der Waals surface area (Å²) in [5, 5.41) is 10.2. The minimum Gasteiger partial charge on any atom is -0.393 e. The summed E-state index contributed by atoms with van der Waals surface area (Å²) in [4.78, 5) is 0. The van der Waals surface area contributed by atoms with Crippen LogP contribution in [-0.4, -0.2) is 23.6 Å². The second-order valence-electron chi connectivity index (χ2n) is 12.4. The molecule has 196 valence electrons. The minimum absolute atomic E-state index is 0.0410. The van der Waals surface area contributed by atoms with E-state index in [2.05, 4.69) is 19.9 Å². The van der Waals surface area contributed by atoms with Gasteiger partial charge in [-0.15, -0.1) is 0 Å². The summed E-state index contributed by atoms with van der Waals surface area (Å²) in [5.41, 5.74) is 1.71. The Balaban J connectivity index is 1.42. The fraction of sp³-hybridized carbons (Fsp3) is 0.926. The highest BCUT2D eigenvalue weighted by atomic mass is 19.4. The standard InChI is InChI=1S/C27H40F6O/c1-16(5-4-6-23(26(28,29)30)27(31,32)33)20-9-10-21-19-8-7-17-15-18(34)11-13-24(17,2)22(19)12-14-25(20,21)3/h7,16,18-23,34H,4-6,8-15H2,1-3H3/t16-,18+,19+,20-,21+,22+,24+,25-/m1/s1. The molecule has 0 bridgehead atoms. The van der Waals surface area contributed by atoms with E-state index < -0.39 is 24.7 Å². The zero-order valence-electron chi connectivity index (χ0n) is 20.6. The van der Waals surface area contributed by atoms with Crippen molar-refractivity contribution in [1.29, 1.82) is 0 Å². The molecule has 0 aliphatic heterocycles. The van der Waals surface area contributed by atoms with Crippen molar-refractivity contribution in [2.24, 2.45) is 46.3 Å². The van der Waals surface area contributed by atoms with E-state index in [0.717, 1.165) is 51.4 Å². The van der Waals surface area contributed by atoms with Crippen LogP contribution in [0.15, 0.2) is 11.6 Å². The number of hydrogen-bond donors (Lipinski definition) is 1. The highest BCUT2D eigenvalue weighted by Gasteiger charge is 2.59. The predicted octanol–water partition coefficient (Wildman–Crippen LogP) is 8.47. The molecule has 7 heteroatoms. The summed E-state index contributed by atoms with van der Waals surface area (Å²) in [6, 6.07) is 0. The van der Waals surface area contributed by atoms with Gasteiger partial charge in [0.15, 0.2) is 5.92 Å². The number of fused-ring (bicyclic) bond motifs is 5. The van der Waals surface area contributed by atoms with E-state index in [-0.39, 0.29) is 29.3 Å². The molecule has 0 radical (unpaired) electrons. The monoisotopic (exact) mass is 494 g/mol. The number of alkyl halides is 6. The van der Waals surface area contributed by atoms with E-state index in [0.29, 0.717) is 30.1 Å². The molecule has 0 aromatic rings. The third-order valence-corrected chi connectivity index (χ3v) is 10.8. The van der Waals surface area contributed by atoms with Gasteiger partial charge in [-0.05, 0) is 98.2 Å². The highest BCUT2D eigenvalue weighted by Crippen LogP contribution is 2.67. The lowest BCUT2D eigenvalue weighted by Gasteiger charge is -2.58. The van der Waals surface area contributed by atoms with Gasteiger partial charge < -0.3 is 5.11 Å². The fourth-order valence-corrected chi connectivity index (χ4v) is 8.98. The maximum Gasteiger partial charge on any atom is 0.400 e. The number of hydrogen-bond acceptors (Lipinski definition) is 1. The van der Waals surface area contributed by atoms with E-state index in [9.17, 15) is 31.4 Å². The molecule has 3 fully saturated rings. The van der Waals surface area contributed by atoms with Crippen LogP contribution in [0.2, 0.25) is 0 Å². The zero-order valence-corrected chi connectivity index (χ0v) is 20.6. The molecule has 0 unspecified atom stereocenters. The average Bonchev–Trinajstić information content (AvgIpc) is 3.07. The van der Waals surface area contributed by atoms with Gasteiger partial charge in [0.25, 0.3) is 0 Å². The molecule has 4 rings (SSSR count). The summed E-state index contributed by atoms with van der Waals surface area (Å²) in [6.07, 6.45) is -0.705. The van der Waals surface area contributed by atoms with Crippen molar-refractivity contribution in [2.45, 2.75) is 110 Å². The Morgan fingerprint density at radius 2 is 1.62 bits per heavy atom. The number of rotatable bonds is 5. The first-order valence-electron chi connectivity index (χ1n) is 13.2. The molecule has 0 saturated heterocycles. The van der Waals surface area contributed by atoms with Crippen LogP contribution in [0.5, 0.6) is 0 Å². The SMILES string of the molecule is C[C@H](CCCC(C(F)(F)F)C(F)(F)F)[C@H]1CC[C@H]2[C@@H]3CC=C4C[C@@H](O)CC[C@]4(C)[C@H]3CC[C@]12C. The van der Waals surface area contributed by atoms with Crippen molar-refractivity contribution < 1.29 is 31.4 Å². The summed E-state index contributed by atoms with van der Waals surface area (Å²) in [6.45, 7) is 6.78. The van der Waals surface area contributed by atoms with Crippen molar-refractivity contribution in [3.8, 4) is 0 Å². The van der Waals surface area contributed by atoms with Crippen LogP contribution in [0.25, 0.3) is 0 Å². The lowest BCUT2D eigenvalue weighted by Crippen LogP contribution is -2.50. The summed E-state index contributed by atoms with van der Waals surface area (Å²) >= 11 is 0. The Labute approximate surface area is 199 Å². The molecule has 3 saturated carbocycles. The molecule has 4 aliphatic carbocycles. The summed E-state index contributed by atoms with van der Waals surface area (Å²) in [7, 11) is 0. The van der Waals surface area contributed by atoms with Crippen molar-refractivity contribution in [3.63, 3.8) is 0 Å². The van der Waals surface area contributed by atoms with Crippen molar-refractivity contribution in [2.75, 3.05) is 0 Å². The van der Waals surface area contributed by atoms with E-state index in [1.807, 2.05) is 6.92 Å². The van der Waals surface area contributed by atoms with Crippen LogP contribution in [0, 0.1) is 46.3 Å². The number of aliphatic hydroxyl groups excluding tert-OH is 1. The van der Waals surface area contributed by atoms with Gasteiger partial charge in [-0.1, -0.05) is 45.3 Å². The third-order valence-electron chi connectivity index (χ3n) is 10.8. The van der Waals surface area contributed by atoms with Gasteiger partial charge in [0.1, 0.15) is 0 Å². The second kappa shape index (κ2) is 8.99. The first-order valence-corrected chi connectivity index (χ1v) is 13.2. The molecule has 0 aromatic carbocycles. The van der Waals surface area contributed by atoms with Crippen LogP contribution in [0.3, 0.4) is 0 Å². The quantitative estimate of drug-likeness (QED) is 0.300. The minimum atomic E-state index is -5.23. The van der Waals surface area contributed by atoms with Gasteiger partial charge in [-0.2, -0.15) is 26.3 Å². The Bertz CT molecular complexity index is 758. The summed E-state index contributed by atoms with van der Waals surface area (Å²) in [5.74, 6) is -0.944. The predicted molar refractivity (Wildman–Crippen MR) is 120 cm³/mol. The normalized spacial score (nSPS) is 41.5. The van der Waals surface area contributed by atoms with E-state index >= 15 is 0 Å². The number of aliphatic hydroxyl groups is 1. The molecular formula is C27H40F6O. The molecule has 8 atom stereocenters. The van der Waals surface area contributed by atoms with Gasteiger partial charge in [-0.3, -0.25) is 0 Å². The fourth-order valence-electron chi connectivity index (χ4n) is 8.98. The van der Waals surface area contributed by atoms with Crippen LogP contribution in [-0.2, 0) is 0 Å². The second-order valence-corrected chi connectivity index (χ2v) is 12.4. The van der Waals surface area contributed by atoms with Crippen molar-refractivity contribution >= 4 is 0 Å². The van der Waals surface area contributed by atoms with Gasteiger partial charge in [0.2, 0.25) is 0 Å². The van der Waals surface area contributed by atoms with E-state index in [1.165, 1.54) is 5.57 Å². The Morgan fingerprint density at radius 3 is 2.26 bits per heavy atom. The van der Waals surface area contributed by atoms with Gasteiger partial charge in [0, 0.05) is 0 Å². The highest BCUT2D eigenvalue weighted by molar-refractivity contribution is 5.25. The van der Waals surface area contributed by atoms with Crippen molar-refractivity contribution in [3.05, 3.63) is 11.6 Å². The van der Waals surface area contributed by atoms with Gasteiger partial charge in [-0.25, -0.2) is 0 Å². The maximum atomic E-state index is 12.9. The number of halogens is 6. The Hall–Kier alpha value is -0.720. The largest absolute Gasteiger partial charge is 0.400 e. The number of allylic oxidation sites excluding steroid dienone is 1. The average molecular weight is 495 g/mol. The molecule has 0 spiro atoms. The lowest BCUT2D eigenvalue weighted by molar-refractivity contribution is -0.286. The molecule has 0 amide bonds.